The number of thiocarbonyl (C=S) groups is 1. The molecule has 0 aromatic carbocycles. The Labute approximate surface area is 80.9 Å². The van der Waals surface area contributed by atoms with E-state index in [4.69, 9.17) is 0 Å². The first kappa shape index (κ1) is 16.4. The molecule has 0 saturated carbocycles. The van der Waals surface area contributed by atoms with E-state index in [0.717, 1.165) is 6.42 Å². The minimum atomic E-state index is 0. The molecule has 0 saturated heterocycles. The summed E-state index contributed by atoms with van der Waals surface area (Å²) in [7, 11) is 0. The summed E-state index contributed by atoms with van der Waals surface area (Å²) in [5.41, 5.74) is 4.66. The van der Waals surface area contributed by atoms with Crippen LogP contribution in [0.5, 0.6) is 0 Å². The van der Waals surface area contributed by atoms with Crippen LogP contribution in [0.4, 0.5) is 0 Å². The zero-order valence-electron chi connectivity index (χ0n) is 5.72. The quantitative estimate of drug-likeness (QED) is 0.309. The van der Waals surface area contributed by atoms with Gasteiger partial charge < -0.3 is 37.5 Å². The van der Waals surface area contributed by atoms with E-state index in [9.17, 15) is 0 Å². The third kappa shape index (κ3) is 132. The SMILES string of the molecule is NC(=S)[S-].[CH2-]CCC.[Zn+2]. The number of hydrogen-bond acceptors (Lipinski definition) is 2. The average molecular weight is 215 g/mol. The first-order chi connectivity index (χ1) is 3.65. The van der Waals surface area contributed by atoms with Gasteiger partial charge in [0, 0.05) is 0 Å². The molecule has 0 aliphatic rings. The minimum absolute atomic E-state index is 0. The van der Waals surface area contributed by atoms with Crippen molar-refractivity contribution >= 4 is 29.2 Å². The molecule has 0 aromatic rings. The molecule has 0 aliphatic carbocycles. The van der Waals surface area contributed by atoms with Gasteiger partial charge in [-0.2, -0.15) is 6.42 Å². The molecule has 50 valence electrons. The zero-order valence-corrected chi connectivity index (χ0v) is 10.3. The molecule has 0 heterocycles. The van der Waals surface area contributed by atoms with Gasteiger partial charge in [-0.1, -0.05) is 17.7 Å². The normalized spacial score (nSPS) is 6.00. The molecule has 0 rings (SSSR count). The maximum atomic E-state index is 4.66. The minimum Gasteiger partial charge on any atom is -0.415 e. The van der Waals surface area contributed by atoms with Crippen molar-refractivity contribution in [1.82, 2.24) is 0 Å². The van der Waals surface area contributed by atoms with Crippen molar-refractivity contribution in [3.63, 3.8) is 0 Å². The van der Waals surface area contributed by atoms with E-state index >= 15 is 0 Å². The van der Waals surface area contributed by atoms with Crippen molar-refractivity contribution in [3.05, 3.63) is 6.92 Å². The van der Waals surface area contributed by atoms with Crippen LogP contribution in [0.2, 0.25) is 0 Å². The van der Waals surface area contributed by atoms with Gasteiger partial charge in [-0.05, 0) is 0 Å². The molecule has 1 nitrogen and oxygen atoms in total. The molecule has 0 spiro atoms. The Kier molecular flexibility index (Phi) is 28.9. The molecule has 0 bridgehead atoms. The summed E-state index contributed by atoms with van der Waals surface area (Å²) in [4.78, 5) is 0. The molecule has 0 aromatic heterocycles. The molecule has 0 atom stereocenters. The van der Waals surface area contributed by atoms with E-state index in [1.165, 1.54) is 6.42 Å². The summed E-state index contributed by atoms with van der Waals surface area (Å²) in [6.45, 7) is 5.72. The standard InChI is InChI=1S/C4H9.CH3NS2.Zn/c1-3-4-2;2-1(3)4;/h1,3-4H2,2H3;(H3,2,3,4);/q-1;;+2/p-1. The molecule has 9 heavy (non-hydrogen) atoms. The summed E-state index contributed by atoms with van der Waals surface area (Å²) in [5.74, 6) is 0. The van der Waals surface area contributed by atoms with Crippen LogP contribution in [0.3, 0.4) is 0 Å². The van der Waals surface area contributed by atoms with Gasteiger partial charge in [0.25, 0.3) is 0 Å². The summed E-state index contributed by atoms with van der Waals surface area (Å²) in [5, 5.41) is 0. The number of unbranched alkanes of at least 4 members (excludes halogenated alkanes) is 1. The Morgan fingerprint density at radius 3 is 1.89 bits per heavy atom. The van der Waals surface area contributed by atoms with Crippen molar-refractivity contribution in [2.24, 2.45) is 5.73 Å². The number of nitrogens with two attached hydrogens (primary N) is 1. The Balaban J connectivity index is -0.0000000720. The summed E-state index contributed by atoms with van der Waals surface area (Å²) in [6.07, 6.45) is 2.28. The van der Waals surface area contributed by atoms with Gasteiger partial charge in [-0.15, -0.1) is 0 Å². The molecular formula is C5H11NS2Zn. The maximum absolute atomic E-state index is 4.66. The smallest absolute Gasteiger partial charge is 0.415 e. The van der Waals surface area contributed by atoms with E-state index < -0.39 is 0 Å². The van der Waals surface area contributed by atoms with E-state index in [1.54, 1.807) is 0 Å². The fourth-order valence-corrected chi connectivity index (χ4v) is 0. The summed E-state index contributed by atoms with van der Waals surface area (Å²) >= 11 is 8.26. The fourth-order valence-electron chi connectivity index (χ4n) is 0. The van der Waals surface area contributed by atoms with Gasteiger partial charge in [-0.25, -0.2) is 0 Å². The first-order valence-corrected chi connectivity index (χ1v) is 3.22. The van der Waals surface area contributed by atoms with Crippen molar-refractivity contribution in [2.75, 3.05) is 0 Å². The van der Waals surface area contributed by atoms with E-state index in [1.807, 2.05) is 0 Å². The monoisotopic (exact) mass is 213 g/mol. The Morgan fingerprint density at radius 2 is 1.89 bits per heavy atom. The average Bonchev–Trinajstić information content (AvgIpc) is 1.65. The first-order valence-electron chi connectivity index (χ1n) is 2.40. The molecular weight excluding hydrogens is 204 g/mol. The molecule has 4 heteroatoms. The van der Waals surface area contributed by atoms with Crippen LogP contribution < -0.4 is 5.73 Å². The van der Waals surface area contributed by atoms with Crippen molar-refractivity contribution in [2.45, 2.75) is 19.8 Å². The second-order valence-corrected chi connectivity index (χ2v) is 2.31. The van der Waals surface area contributed by atoms with Crippen LogP contribution in [0.1, 0.15) is 19.8 Å². The van der Waals surface area contributed by atoms with Gasteiger partial charge in [0.05, 0.1) is 0 Å². The van der Waals surface area contributed by atoms with Crippen molar-refractivity contribution < 1.29 is 19.5 Å². The van der Waals surface area contributed by atoms with Gasteiger partial charge in [0.15, 0.2) is 0 Å². The predicted octanol–water partition coefficient (Wildman–Crippen LogP) is 1.39. The fraction of sp³-hybridized carbons (Fsp3) is 0.600. The van der Waals surface area contributed by atoms with E-state index in [-0.39, 0.29) is 23.8 Å². The number of hydrogen-bond donors (Lipinski definition) is 1. The topological polar surface area (TPSA) is 26.0 Å². The van der Waals surface area contributed by atoms with Crippen LogP contribution >= 0.6 is 12.2 Å². The Bertz CT molecular complexity index is 52.9. The Morgan fingerprint density at radius 1 is 1.78 bits per heavy atom. The van der Waals surface area contributed by atoms with Gasteiger partial charge in [-0.3, -0.25) is 0 Å². The van der Waals surface area contributed by atoms with Gasteiger partial charge >= 0.3 is 19.5 Å². The second-order valence-electron chi connectivity index (χ2n) is 1.17. The zero-order chi connectivity index (χ0) is 6.99. The van der Waals surface area contributed by atoms with Gasteiger partial charge in [0.2, 0.25) is 0 Å². The largest absolute Gasteiger partial charge is 2.00 e. The molecule has 0 radical (unpaired) electrons. The molecule has 0 amide bonds. The van der Waals surface area contributed by atoms with E-state index in [2.05, 4.69) is 44.4 Å². The molecule has 0 unspecified atom stereocenters. The van der Waals surface area contributed by atoms with Crippen LogP contribution in [-0.4, -0.2) is 4.32 Å². The third-order valence-electron chi connectivity index (χ3n) is 0.354. The molecule has 0 fully saturated rings. The molecule has 0 aliphatic heterocycles. The van der Waals surface area contributed by atoms with Gasteiger partial charge in [0.1, 0.15) is 0 Å². The summed E-state index contributed by atoms with van der Waals surface area (Å²) in [6, 6.07) is 0. The Hall–Kier alpha value is 0.733. The second kappa shape index (κ2) is 15.9. The predicted molar refractivity (Wildman–Crippen MR) is 44.4 cm³/mol. The summed E-state index contributed by atoms with van der Waals surface area (Å²) < 4.78 is 0.0833. The van der Waals surface area contributed by atoms with Crippen LogP contribution in [0.25, 0.3) is 0 Å². The number of rotatable bonds is 1. The van der Waals surface area contributed by atoms with Crippen LogP contribution in [-0.2, 0) is 32.1 Å². The van der Waals surface area contributed by atoms with E-state index in [0.29, 0.717) is 0 Å². The third-order valence-corrected chi connectivity index (χ3v) is 0.354. The molecule has 2 N–H and O–H groups in total. The van der Waals surface area contributed by atoms with Crippen LogP contribution in [0.15, 0.2) is 0 Å². The van der Waals surface area contributed by atoms with Crippen LogP contribution in [0, 0.1) is 6.92 Å². The van der Waals surface area contributed by atoms with Crippen molar-refractivity contribution in [1.29, 1.82) is 0 Å². The van der Waals surface area contributed by atoms with Crippen molar-refractivity contribution in [3.8, 4) is 0 Å². The maximum Gasteiger partial charge on any atom is 2.00 e.